The molecule has 1 saturated carbocycles. The Balaban J connectivity index is 1.52. The van der Waals surface area contributed by atoms with Crippen molar-refractivity contribution in [3.05, 3.63) is 94.0 Å². The van der Waals surface area contributed by atoms with Gasteiger partial charge in [0.2, 0.25) is 0 Å². The molecule has 7 nitrogen and oxygen atoms in total. The van der Waals surface area contributed by atoms with E-state index in [9.17, 15) is 23.4 Å². The van der Waals surface area contributed by atoms with Crippen molar-refractivity contribution in [2.75, 3.05) is 4.31 Å². The molecule has 1 fully saturated rings. The van der Waals surface area contributed by atoms with E-state index in [4.69, 9.17) is 16.3 Å². The Hall–Kier alpha value is -3.33. The number of carboxylic acid groups (broad SMARTS) is 1. The SMILES string of the molecule is Cc1cc(Oc2ccc(N(C3CCCC3)S(=O)(=O)C3=CCC(O)(C(=O)O)c4ccccc43)cc2)cc(C)c1Cl. The quantitative estimate of drug-likeness (QED) is 0.336. The number of carbonyl (C=O) groups is 1. The van der Waals surface area contributed by atoms with Gasteiger partial charge in [-0.25, -0.2) is 13.2 Å². The predicted molar refractivity (Wildman–Crippen MR) is 152 cm³/mol. The molecule has 204 valence electrons. The van der Waals surface area contributed by atoms with Gasteiger partial charge in [0.05, 0.1) is 10.6 Å². The first-order chi connectivity index (χ1) is 18.5. The largest absolute Gasteiger partial charge is 0.479 e. The van der Waals surface area contributed by atoms with Gasteiger partial charge in [-0.1, -0.05) is 54.8 Å². The van der Waals surface area contributed by atoms with Gasteiger partial charge in [-0.05, 0) is 74.2 Å². The second kappa shape index (κ2) is 10.3. The summed E-state index contributed by atoms with van der Waals surface area (Å²) in [7, 11) is -4.10. The number of hydrogen-bond donors (Lipinski definition) is 2. The van der Waals surface area contributed by atoms with Crippen molar-refractivity contribution in [1.82, 2.24) is 0 Å². The fourth-order valence-corrected chi connectivity index (χ4v) is 7.59. The Morgan fingerprint density at radius 2 is 1.62 bits per heavy atom. The summed E-state index contributed by atoms with van der Waals surface area (Å²) >= 11 is 6.27. The number of hydrogen-bond acceptors (Lipinski definition) is 5. The lowest BCUT2D eigenvalue weighted by molar-refractivity contribution is -0.159. The van der Waals surface area contributed by atoms with E-state index in [0.29, 0.717) is 22.2 Å². The standard InChI is InChI=1S/C30H30ClNO6S/c1-19-17-24(18-20(2)28(19)31)38-23-13-11-22(12-14-23)32(21-7-3-4-8-21)39(36,37)27-15-16-30(35,29(33)34)26-10-6-5-9-25(26)27/h5-6,9-15,17-18,21,35H,3-4,7-8,16H2,1-2H3,(H,33,34). The highest BCUT2D eigenvalue weighted by molar-refractivity contribution is 8.01. The van der Waals surface area contributed by atoms with Crippen LogP contribution in [0.25, 0.3) is 4.91 Å². The van der Waals surface area contributed by atoms with Gasteiger partial charge < -0.3 is 14.9 Å². The summed E-state index contributed by atoms with van der Waals surface area (Å²) in [5, 5.41) is 21.3. The van der Waals surface area contributed by atoms with Crippen molar-refractivity contribution in [2.24, 2.45) is 0 Å². The zero-order valence-electron chi connectivity index (χ0n) is 21.7. The second-order valence-electron chi connectivity index (χ2n) is 10.2. The molecule has 0 heterocycles. The van der Waals surface area contributed by atoms with Gasteiger partial charge in [0, 0.05) is 28.6 Å². The maximum absolute atomic E-state index is 14.3. The first-order valence-corrected chi connectivity index (χ1v) is 14.7. The van der Waals surface area contributed by atoms with E-state index in [2.05, 4.69) is 0 Å². The van der Waals surface area contributed by atoms with Crippen LogP contribution in [0, 0.1) is 13.8 Å². The van der Waals surface area contributed by atoms with E-state index in [0.717, 1.165) is 36.8 Å². The minimum absolute atomic E-state index is 0.00312. The van der Waals surface area contributed by atoms with Crippen LogP contribution >= 0.6 is 11.6 Å². The number of halogens is 1. The molecule has 0 amide bonds. The minimum atomic E-state index is -4.10. The maximum Gasteiger partial charge on any atom is 0.340 e. The summed E-state index contributed by atoms with van der Waals surface area (Å²) in [5.74, 6) is -0.230. The van der Waals surface area contributed by atoms with Crippen LogP contribution in [-0.2, 0) is 20.4 Å². The van der Waals surface area contributed by atoms with E-state index in [1.165, 1.54) is 16.4 Å². The number of aliphatic carboxylic acids is 1. The molecule has 1 atom stereocenters. The number of aryl methyl sites for hydroxylation is 2. The van der Waals surface area contributed by atoms with Crippen molar-refractivity contribution >= 4 is 38.2 Å². The lowest BCUT2D eigenvalue weighted by Gasteiger charge is -2.35. The predicted octanol–water partition coefficient (Wildman–Crippen LogP) is 6.54. The lowest BCUT2D eigenvalue weighted by atomic mass is 9.83. The molecule has 0 radical (unpaired) electrons. The molecule has 5 rings (SSSR count). The Morgan fingerprint density at radius 1 is 1.00 bits per heavy atom. The molecule has 1 unspecified atom stereocenters. The zero-order valence-corrected chi connectivity index (χ0v) is 23.3. The second-order valence-corrected chi connectivity index (χ2v) is 12.4. The Labute approximate surface area is 233 Å². The van der Waals surface area contributed by atoms with E-state index >= 15 is 0 Å². The number of fused-ring (bicyclic) bond motifs is 1. The lowest BCUT2D eigenvalue weighted by Crippen LogP contribution is -2.42. The summed E-state index contributed by atoms with van der Waals surface area (Å²) in [6, 6.07) is 16.6. The number of anilines is 1. The number of rotatable bonds is 7. The number of nitrogens with zero attached hydrogens (tertiary/aromatic N) is 1. The zero-order chi connectivity index (χ0) is 27.9. The molecular formula is C30H30ClNO6S. The fourth-order valence-electron chi connectivity index (χ4n) is 5.52. The molecule has 0 aromatic heterocycles. The van der Waals surface area contributed by atoms with Crippen molar-refractivity contribution in [3.8, 4) is 11.5 Å². The minimum Gasteiger partial charge on any atom is -0.479 e. The average Bonchev–Trinajstić information content (AvgIpc) is 3.42. The van der Waals surface area contributed by atoms with Crippen LogP contribution in [0.3, 0.4) is 0 Å². The van der Waals surface area contributed by atoms with Gasteiger partial charge in [0.25, 0.3) is 10.0 Å². The molecule has 2 N–H and O–H groups in total. The van der Waals surface area contributed by atoms with Gasteiger partial charge in [-0.3, -0.25) is 4.31 Å². The van der Waals surface area contributed by atoms with E-state index in [1.807, 2.05) is 26.0 Å². The number of benzene rings is 3. The summed E-state index contributed by atoms with van der Waals surface area (Å²) in [5.41, 5.74) is 0.378. The van der Waals surface area contributed by atoms with Crippen LogP contribution in [-0.4, -0.2) is 30.6 Å². The molecule has 2 aliphatic rings. The number of carboxylic acids is 1. The normalized spacial score (nSPS) is 19.3. The topological polar surface area (TPSA) is 104 Å². The molecule has 0 spiro atoms. The highest BCUT2D eigenvalue weighted by Gasteiger charge is 2.45. The van der Waals surface area contributed by atoms with Gasteiger partial charge >= 0.3 is 5.97 Å². The molecule has 3 aromatic rings. The van der Waals surface area contributed by atoms with Crippen LogP contribution in [0.4, 0.5) is 5.69 Å². The van der Waals surface area contributed by atoms with Gasteiger partial charge in [0.1, 0.15) is 11.5 Å². The molecular weight excluding hydrogens is 538 g/mol. The highest BCUT2D eigenvalue weighted by Crippen LogP contribution is 2.43. The molecule has 0 aliphatic heterocycles. The summed E-state index contributed by atoms with van der Waals surface area (Å²) < 4.78 is 36.0. The molecule has 39 heavy (non-hydrogen) atoms. The number of aliphatic hydroxyl groups is 1. The summed E-state index contributed by atoms with van der Waals surface area (Å²) in [6.07, 6.45) is 4.25. The molecule has 3 aromatic carbocycles. The fraction of sp³-hybridized carbons (Fsp3) is 0.300. The van der Waals surface area contributed by atoms with Gasteiger partial charge in [-0.2, -0.15) is 0 Å². The monoisotopic (exact) mass is 567 g/mol. The number of sulfonamides is 1. The van der Waals surface area contributed by atoms with Crippen molar-refractivity contribution in [2.45, 2.75) is 57.6 Å². The third-order valence-electron chi connectivity index (χ3n) is 7.50. The first-order valence-electron chi connectivity index (χ1n) is 12.9. The van der Waals surface area contributed by atoms with Crippen LogP contribution < -0.4 is 9.04 Å². The van der Waals surface area contributed by atoms with Crippen LogP contribution in [0.5, 0.6) is 11.5 Å². The van der Waals surface area contributed by atoms with Gasteiger partial charge in [0.15, 0.2) is 5.60 Å². The van der Waals surface area contributed by atoms with Gasteiger partial charge in [-0.15, -0.1) is 0 Å². The van der Waals surface area contributed by atoms with E-state index in [-0.39, 0.29) is 28.5 Å². The molecule has 2 aliphatic carbocycles. The molecule has 0 bridgehead atoms. The van der Waals surface area contributed by atoms with Crippen molar-refractivity contribution in [1.29, 1.82) is 0 Å². The molecule has 0 saturated heterocycles. The van der Waals surface area contributed by atoms with Crippen molar-refractivity contribution in [3.63, 3.8) is 0 Å². The maximum atomic E-state index is 14.3. The van der Waals surface area contributed by atoms with Crippen molar-refractivity contribution < 1.29 is 28.2 Å². The Bertz CT molecular complexity index is 1540. The summed E-state index contributed by atoms with van der Waals surface area (Å²) in [4.78, 5) is 11.9. The summed E-state index contributed by atoms with van der Waals surface area (Å²) in [6.45, 7) is 3.82. The third kappa shape index (κ3) is 4.93. The van der Waals surface area contributed by atoms with E-state index in [1.54, 1.807) is 42.5 Å². The Morgan fingerprint density at radius 3 is 2.23 bits per heavy atom. The van der Waals surface area contributed by atoms with Crippen LogP contribution in [0.2, 0.25) is 5.02 Å². The van der Waals surface area contributed by atoms with Crippen LogP contribution in [0.1, 0.15) is 54.4 Å². The first kappa shape index (κ1) is 27.2. The van der Waals surface area contributed by atoms with E-state index < -0.39 is 21.6 Å². The third-order valence-corrected chi connectivity index (χ3v) is 10.1. The average molecular weight is 568 g/mol. The highest BCUT2D eigenvalue weighted by atomic mass is 35.5. The number of ether oxygens (including phenoxy) is 1. The van der Waals surface area contributed by atoms with Crippen LogP contribution in [0.15, 0.2) is 66.7 Å². The smallest absolute Gasteiger partial charge is 0.340 e. The molecule has 9 heteroatoms. The Kier molecular flexibility index (Phi) is 7.22.